The third kappa shape index (κ3) is 4.02. The third-order valence-corrected chi connectivity index (χ3v) is 9.17. The predicted molar refractivity (Wildman–Crippen MR) is 130 cm³/mol. The Morgan fingerprint density at radius 1 is 0.909 bits per heavy atom. The molecule has 0 aliphatic carbocycles. The van der Waals surface area contributed by atoms with Crippen LogP contribution >= 0.6 is 0 Å². The van der Waals surface area contributed by atoms with E-state index in [1.165, 1.54) is 11.1 Å². The van der Waals surface area contributed by atoms with E-state index in [0.29, 0.717) is 24.5 Å². The molecule has 0 aromatic heterocycles. The van der Waals surface area contributed by atoms with Crippen LogP contribution in [-0.2, 0) is 14.9 Å². The van der Waals surface area contributed by atoms with E-state index in [4.69, 9.17) is 4.84 Å². The lowest BCUT2D eigenvalue weighted by Gasteiger charge is -2.41. The van der Waals surface area contributed by atoms with Gasteiger partial charge in [-0.05, 0) is 60.2 Å². The van der Waals surface area contributed by atoms with E-state index < -0.39 is 10.0 Å². The van der Waals surface area contributed by atoms with Gasteiger partial charge in [-0.25, -0.2) is 8.42 Å². The largest absolute Gasteiger partial charge is 0.299 e. The van der Waals surface area contributed by atoms with Crippen molar-refractivity contribution in [1.29, 1.82) is 0 Å². The highest BCUT2D eigenvalue weighted by Crippen LogP contribution is 2.42. The molecule has 33 heavy (non-hydrogen) atoms. The first-order chi connectivity index (χ1) is 15.9. The highest BCUT2D eigenvalue weighted by atomic mass is 32.2. The van der Waals surface area contributed by atoms with Crippen LogP contribution in [0.1, 0.15) is 29.2 Å². The van der Waals surface area contributed by atoms with Crippen molar-refractivity contribution < 1.29 is 13.3 Å². The Morgan fingerprint density at radius 3 is 2.39 bits per heavy atom. The molecule has 0 bridgehead atoms. The Morgan fingerprint density at radius 2 is 1.64 bits per heavy atom. The Bertz CT molecular complexity index is 1270. The van der Waals surface area contributed by atoms with Crippen molar-refractivity contribution in [1.82, 2.24) is 9.37 Å². The molecule has 3 atom stereocenters. The van der Waals surface area contributed by atoms with Crippen LogP contribution in [0.3, 0.4) is 0 Å². The predicted octanol–water partition coefficient (Wildman–Crippen LogP) is 4.97. The summed E-state index contributed by atoms with van der Waals surface area (Å²) in [6.07, 6.45) is 0.698. The summed E-state index contributed by atoms with van der Waals surface area (Å²) in [7, 11) is -1.72. The Hall–Kier alpha value is -2.51. The first-order valence-corrected chi connectivity index (χ1v) is 12.9. The molecule has 2 heterocycles. The van der Waals surface area contributed by atoms with Crippen molar-refractivity contribution in [2.24, 2.45) is 5.92 Å². The van der Waals surface area contributed by atoms with Gasteiger partial charge in [0, 0.05) is 25.6 Å². The van der Waals surface area contributed by atoms with Gasteiger partial charge in [0.2, 0.25) is 10.0 Å². The summed E-state index contributed by atoms with van der Waals surface area (Å²) in [4.78, 5) is 6.18. The van der Waals surface area contributed by atoms with E-state index >= 15 is 0 Å². The quantitative estimate of drug-likeness (QED) is 0.549. The van der Waals surface area contributed by atoms with Crippen LogP contribution in [0.4, 0.5) is 0 Å². The number of piperidine rings is 1. The van der Waals surface area contributed by atoms with Crippen LogP contribution in [-0.4, -0.2) is 44.0 Å². The molecule has 0 N–H and O–H groups in total. The number of fused-ring (bicyclic) bond motifs is 1. The van der Waals surface area contributed by atoms with Gasteiger partial charge in [0.1, 0.15) is 0 Å². The molecule has 0 unspecified atom stereocenters. The minimum Gasteiger partial charge on any atom is -0.299 e. The van der Waals surface area contributed by atoms with Gasteiger partial charge in [-0.3, -0.25) is 4.84 Å². The van der Waals surface area contributed by atoms with E-state index in [9.17, 15) is 8.42 Å². The summed E-state index contributed by atoms with van der Waals surface area (Å²) in [6.45, 7) is 4.97. The van der Waals surface area contributed by atoms with E-state index in [-0.39, 0.29) is 18.0 Å². The maximum Gasteiger partial charge on any atom is 0.243 e. The molecule has 3 aromatic rings. The first-order valence-electron chi connectivity index (χ1n) is 11.5. The molecule has 6 heteroatoms. The fourth-order valence-electron chi connectivity index (χ4n) is 5.29. The number of hydroxylamine groups is 2. The zero-order valence-electron chi connectivity index (χ0n) is 19.3. The maximum atomic E-state index is 13.9. The topological polar surface area (TPSA) is 49.9 Å². The fraction of sp³-hybridized carbons (Fsp3) is 0.333. The van der Waals surface area contributed by atoms with Gasteiger partial charge in [-0.2, -0.15) is 9.37 Å². The van der Waals surface area contributed by atoms with Gasteiger partial charge in [-0.1, -0.05) is 60.7 Å². The first kappa shape index (κ1) is 22.3. The van der Waals surface area contributed by atoms with Gasteiger partial charge in [0.25, 0.3) is 0 Å². The summed E-state index contributed by atoms with van der Waals surface area (Å²) < 4.78 is 29.6. The second kappa shape index (κ2) is 8.69. The molecule has 2 aliphatic heterocycles. The van der Waals surface area contributed by atoms with Crippen molar-refractivity contribution in [3.8, 4) is 11.1 Å². The molecule has 172 valence electrons. The summed E-state index contributed by atoms with van der Waals surface area (Å²) in [6, 6.07) is 23.8. The molecule has 5 rings (SSSR count). The summed E-state index contributed by atoms with van der Waals surface area (Å²) in [5.41, 5.74) is 5.27. The molecule has 0 radical (unpaired) electrons. The average Bonchev–Trinajstić information content (AvgIpc) is 3.19. The maximum absolute atomic E-state index is 13.9. The summed E-state index contributed by atoms with van der Waals surface area (Å²) in [5, 5.41) is 1.92. The van der Waals surface area contributed by atoms with Crippen molar-refractivity contribution in [2.45, 2.75) is 37.2 Å². The molecule has 2 fully saturated rings. The molecule has 0 saturated carbocycles. The van der Waals surface area contributed by atoms with Gasteiger partial charge in [-0.15, -0.1) is 0 Å². The molecule has 0 spiro atoms. The lowest BCUT2D eigenvalue weighted by Crippen LogP contribution is -2.49. The van der Waals surface area contributed by atoms with E-state index in [0.717, 1.165) is 16.7 Å². The number of rotatable bonds is 4. The minimum absolute atomic E-state index is 0.157. The Labute approximate surface area is 196 Å². The molecular formula is C27H30N2O3S. The number of hydrogen-bond donors (Lipinski definition) is 0. The fourth-order valence-corrected chi connectivity index (χ4v) is 7.20. The van der Waals surface area contributed by atoms with Crippen LogP contribution in [0, 0.1) is 19.8 Å². The smallest absolute Gasteiger partial charge is 0.243 e. The average molecular weight is 463 g/mol. The Kier molecular flexibility index (Phi) is 5.87. The number of nitrogens with zero attached hydrogens (tertiary/aromatic N) is 2. The number of aryl methyl sites for hydroxylation is 2. The van der Waals surface area contributed by atoms with Crippen molar-refractivity contribution >= 4 is 10.0 Å². The third-order valence-electron chi connectivity index (χ3n) is 7.14. The second-order valence-electron chi connectivity index (χ2n) is 9.20. The van der Waals surface area contributed by atoms with Gasteiger partial charge < -0.3 is 0 Å². The van der Waals surface area contributed by atoms with Crippen LogP contribution < -0.4 is 0 Å². The van der Waals surface area contributed by atoms with Gasteiger partial charge >= 0.3 is 0 Å². The van der Waals surface area contributed by atoms with Crippen molar-refractivity contribution in [3.05, 3.63) is 89.5 Å². The van der Waals surface area contributed by atoms with Gasteiger partial charge in [0.05, 0.1) is 17.5 Å². The van der Waals surface area contributed by atoms with Crippen LogP contribution in [0.2, 0.25) is 0 Å². The van der Waals surface area contributed by atoms with Crippen LogP contribution in [0.5, 0.6) is 0 Å². The number of benzene rings is 3. The highest BCUT2D eigenvalue weighted by Gasteiger charge is 2.47. The monoisotopic (exact) mass is 462 g/mol. The van der Waals surface area contributed by atoms with Crippen LogP contribution in [0.25, 0.3) is 11.1 Å². The zero-order valence-corrected chi connectivity index (χ0v) is 20.1. The molecule has 2 saturated heterocycles. The van der Waals surface area contributed by atoms with Crippen molar-refractivity contribution in [2.75, 3.05) is 20.2 Å². The van der Waals surface area contributed by atoms with E-state index in [2.05, 4.69) is 37.3 Å². The molecule has 3 aromatic carbocycles. The van der Waals surface area contributed by atoms with Gasteiger partial charge in [0.15, 0.2) is 0 Å². The summed E-state index contributed by atoms with van der Waals surface area (Å²) in [5.74, 6) is 0.157. The van der Waals surface area contributed by atoms with E-state index in [1.54, 1.807) is 16.4 Å². The molecule has 0 amide bonds. The summed E-state index contributed by atoms with van der Waals surface area (Å²) >= 11 is 0. The zero-order chi connectivity index (χ0) is 23.2. The molecule has 2 aliphatic rings. The lowest BCUT2D eigenvalue weighted by atomic mass is 9.86. The Balaban J connectivity index is 1.60. The SMILES string of the molecule is Cc1ccccc1-c1cccc([C@@H]2C[C@H]3[C@H](CON3C)CN2S(=O)(=O)c2ccccc2C)c1. The normalized spacial score (nSPS) is 24.0. The van der Waals surface area contributed by atoms with Crippen molar-refractivity contribution in [3.63, 3.8) is 0 Å². The number of sulfonamides is 1. The molecular weight excluding hydrogens is 432 g/mol. The minimum atomic E-state index is -3.67. The van der Waals surface area contributed by atoms with E-state index in [1.807, 2.05) is 49.4 Å². The highest BCUT2D eigenvalue weighted by molar-refractivity contribution is 7.89. The second-order valence-corrected chi connectivity index (χ2v) is 11.1. The van der Waals surface area contributed by atoms with Crippen LogP contribution in [0.15, 0.2) is 77.7 Å². The molecule has 5 nitrogen and oxygen atoms in total. The standard InChI is InChI=1S/C27H30N2O3S/c1-19-9-4-6-13-24(19)21-11-8-12-22(15-21)26-16-25-23(18-32-28(25)3)17-29(26)33(30,31)27-14-7-5-10-20(27)2/h4-15,23,25-26H,16-18H2,1-3H3/t23-,25-,26-/m0/s1. The number of hydrogen-bond acceptors (Lipinski definition) is 4. The lowest BCUT2D eigenvalue weighted by molar-refractivity contribution is -0.113.